The van der Waals surface area contributed by atoms with Crippen LogP contribution in [0, 0.1) is 23.7 Å². The minimum atomic E-state index is -0.588. The lowest BCUT2D eigenvalue weighted by molar-refractivity contribution is -0.142. The van der Waals surface area contributed by atoms with Crippen LogP contribution in [0.5, 0.6) is 0 Å². The number of unbranched alkanes of at least 4 members (excludes halogenated alkanes) is 1. The smallest absolute Gasteiger partial charge is 0.233 e. The molecule has 2 aliphatic heterocycles. The molecule has 1 aromatic carbocycles. The molecule has 6 atom stereocenters. The normalized spacial score (nSPS) is 43.0. The first-order chi connectivity index (χ1) is 11.2. The maximum atomic E-state index is 13.2. The third kappa shape index (κ3) is 1.46. The van der Waals surface area contributed by atoms with Gasteiger partial charge >= 0.3 is 0 Å². The van der Waals surface area contributed by atoms with E-state index < -0.39 is 5.72 Å². The fourth-order valence-electron chi connectivity index (χ4n) is 5.74. The fraction of sp³-hybridized carbons (Fsp3) is 0.579. The summed E-state index contributed by atoms with van der Waals surface area (Å²) in [7, 11) is 0. The predicted octanol–water partition coefficient (Wildman–Crippen LogP) is 2.77. The molecule has 4 aliphatic rings. The molecule has 1 amide bonds. The zero-order chi connectivity index (χ0) is 15.8. The number of amides is 1. The Hall–Kier alpha value is -1.68. The van der Waals surface area contributed by atoms with Crippen molar-refractivity contribution in [2.75, 3.05) is 4.90 Å². The highest BCUT2D eigenvalue weighted by Gasteiger charge is 2.78. The van der Waals surface area contributed by atoms with E-state index >= 15 is 0 Å². The van der Waals surface area contributed by atoms with Gasteiger partial charge in [0.1, 0.15) is 6.10 Å². The molecule has 2 saturated carbocycles. The lowest BCUT2D eigenvalue weighted by Gasteiger charge is -2.38. The van der Waals surface area contributed by atoms with Crippen LogP contribution in [0.4, 0.5) is 5.69 Å². The number of hydrogen-bond acceptors (Lipinski definition) is 3. The SMILES string of the molecule is CCCCC12OC3C(=O)C4CC3C1C4C(=O)N2c1ccccc1. The highest BCUT2D eigenvalue weighted by molar-refractivity contribution is 6.06. The van der Waals surface area contributed by atoms with Crippen LogP contribution in [0.25, 0.3) is 0 Å². The Balaban J connectivity index is 1.66. The van der Waals surface area contributed by atoms with Gasteiger partial charge in [-0.25, -0.2) is 0 Å². The summed E-state index contributed by atoms with van der Waals surface area (Å²) in [6.07, 6.45) is 3.50. The van der Waals surface area contributed by atoms with Crippen LogP contribution in [0.15, 0.2) is 30.3 Å². The number of anilines is 1. The standard InChI is InChI=1S/C19H21NO3/c1-2-3-9-19-15-13-10-12(16(21)17(13)23-19)14(15)18(22)20(19)11-7-5-4-6-8-11/h4-8,12-15,17H,2-3,9-10H2,1H3. The van der Waals surface area contributed by atoms with Gasteiger partial charge in [-0.2, -0.15) is 0 Å². The Bertz CT molecular complexity index is 687. The molecule has 2 saturated heterocycles. The molecule has 5 rings (SSSR count). The highest BCUT2D eigenvalue weighted by Crippen LogP contribution is 2.67. The van der Waals surface area contributed by atoms with Gasteiger partial charge in [-0.05, 0) is 31.4 Å². The summed E-state index contributed by atoms with van der Waals surface area (Å²) in [6.45, 7) is 2.16. The second kappa shape index (κ2) is 4.44. The number of rotatable bonds is 4. The van der Waals surface area contributed by atoms with Crippen molar-refractivity contribution in [2.45, 2.75) is 44.4 Å². The zero-order valence-electron chi connectivity index (χ0n) is 13.3. The molecule has 120 valence electrons. The van der Waals surface area contributed by atoms with Crippen LogP contribution >= 0.6 is 0 Å². The number of carbonyl (C=O) groups is 2. The van der Waals surface area contributed by atoms with Crippen molar-refractivity contribution in [3.05, 3.63) is 30.3 Å². The van der Waals surface area contributed by atoms with E-state index in [2.05, 4.69) is 6.92 Å². The summed E-state index contributed by atoms with van der Waals surface area (Å²) in [6, 6.07) is 9.85. The second-order valence-corrected chi connectivity index (χ2v) is 7.46. The van der Waals surface area contributed by atoms with E-state index in [1.165, 1.54) is 0 Å². The van der Waals surface area contributed by atoms with E-state index in [4.69, 9.17) is 4.74 Å². The third-order valence-electron chi connectivity index (χ3n) is 6.48. The molecule has 23 heavy (non-hydrogen) atoms. The average Bonchev–Trinajstić information content (AvgIpc) is 3.22. The molecule has 0 N–H and O–H groups in total. The first kappa shape index (κ1) is 13.7. The van der Waals surface area contributed by atoms with E-state index in [-0.39, 0.29) is 41.5 Å². The van der Waals surface area contributed by atoms with Gasteiger partial charge in [0.05, 0.1) is 5.92 Å². The summed E-state index contributed by atoms with van der Waals surface area (Å²) in [5.74, 6) is 0.511. The van der Waals surface area contributed by atoms with Crippen molar-refractivity contribution in [2.24, 2.45) is 23.7 Å². The molecule has 6 unspecified atom stereocenters. The third-order valence-corrected chi connectivity index (χ3v) is 6.48. The molecular weight excluding hydrogens is 290 g/mol. The van der Waals surface area contributed by atoms with E-state index in [0.717, 1.165) is 31.4 Å². The molecule has 2 aliphatic carbocycles. The van der Waals surface area contributed by atoms with E-state index in [9.17, 15) is 9.59 Å². The number of ether oxygens (including phenoxy) is 1. The Morgan fingerprint density at radius 2 is 2.04 bits per heavy atom. The Labute approximate surface area is 135 Å². The highest BCUT2D eigenvalue weighted by atomic mass is 16.5. The largest absolute Gasteiger partial charge is 0.344 e. The van der Waals surface area contributed by atoms with E-state index in [0.29, 0.717) is 0 Å². The molecule has 2 bridgehead atoms. The topological polar surface area (TPSA) is 46.6 Å². The maximum Gasteiger partial charge on any atom is 0.233 e. The van der Waals surface area contributed by atoms with E-state index in [1.54, 1.807) is 0 Å². The first-order valence-electron chi connectivity index (χ1n) is 8.79. The van der Waals surface area contributed by atoms with Crippen LogP contribution in [-0.2, 0) is 14.3 Å². The minimum absolute atomic E-state index is 0.0975. The van der Waals surface area contributed by atoms with Gasteiger partial charge in [0.25, 0.3) is 0 Å². The number of para-hydroxylation sites is 1. The summed E-state index contributed by atoms with van der Waals surface area (Å²) in [5, 5.41) is 0. The Morgan fingerprint density at radius 1 is 1.26 bits per heavy atom. The van der Waals surface area contributed by atoms with Crippen LogP contribution in [0.3, 0.4) is 0 Å². The van der Waals surface area contributed by atoms with Gasteiger partial charge < -0.3 is 4.74 Å². The molecule has 0 spiro atoms. The number of carbonyl (C=O) groups excluding carboxylic acids is 2. The van der Waals surface area contributed by atoms with Crippen LogP contribution in [0.2, 0.25) is 0 Å². The first-order valence-corrected chi connectivity index (χ1v) is 8.79. The number of benzene rings is 1. The number of ketones is 1. The van der Waals surface area contributed by atoms with Gasteiger partial charge in [0, 0.05) is 23.4 Å². The summed E-state index contributed by atoms with van der Waals surface area (Å²) in [5.41, 5.74) is 0.325. The van der Waals surface area contributed by atoms with Gasteiger partial charge in [-0.1, -0.05) is 31.5 Å². The summed E-state index contributed by atoms with van der Waals surface area (Å²) < 4.78 is 6.43. The predicted molar refractivity (Wildman–Crippen MR) is 84.6 cm³/mol. The molecule has 1 aromatic rings. The lowest BCUT2D eigenvalue weighted by Crippen LogP contribution is -2.50. The van der Waals surface area contributed by atoms with Gasteiger partial charge in [0.15, 0.2) is 11.5 Å². The Kier molecular flexibility index (Phi) is 2.65. The van der Waals surface area contributed by atoms with Gasteiger partial charge in [0.2, 0.25) is 5.91 Å². The number of nitrogens with zero attached hydrogens (tertiary/aromatic N) is 1. The fourth-order valence-corrected chi connectivity index (χ4v) is 5.74. The van der Waals surface area contributed by atoms with Crippen molar-refractivity contribution in [1.29, 1.82) is 0 Å². The molecule has 2 heterocycles. The van der Waals surface area contributed by atoms with Gasteiger partial charge in [-0.15, -0.1) is 0 Å². The van der Waals surface area contributed by atoms with Gasteiger partial charge in [-0.3, -0.25) is 14.5 Å². The number of fused-ring (bicyclic) bond motifs is 2. The molecular formula is C19H21NO3. The zero-order valence-corrected chi connectivity index (χ0v) is 13.3. The molecule has 0 aromatic heterocycles. The molecule has 4 heteroatoms. The minimum Gasteiger partial charge on any atom is -0.344 e. The summed E-state index contributed by atoms with van der Waals surface area (Å²) in [4.78, 5) is 27.6. The van der Waals surface area contributed by atoms with Crippen LogP contribution < -0.4 is 4.90 Å². The average molecular weight is 311 g/mol. The van der Waals surface area contributed by atoms with Crippen molar-refractivity contribution >= 4 is 17.4 Å². The summed E-state index contributed by atoms with van der Waals surface area (Å²) >= 11 is 0. The lowest BCUT2D eigenvalue weighted by atomic mass is 9.76. The number of Topliss-reactive ketones (excluding diaryl/α,β-unsaturated/α-hetero) is 1. The monoisotopic (exact) mass is 311 g/mol. The Morgan fingerprint density at radius 3 is 2.78 bits per heavy atom. The van der Waals surface area contributed by atoms with Crippen molar-refractivity contribution in [3.8, 4) is 0 Å². The molecule has 0 radical (unpaired) electrons. The van der Waals surface area contributed by atoms with Crippen molar-refractivity contribution in [1.82, 2.24) is 0 Å². The number of hydrogen-bond donors (Lipinski definition) is 0. The second-order valence-electron chi connectivity index (χ2n) is 7.46. The van der Waals surface area contributed by atoms with Crippen molar-refractivity contribution < 1.29 is 14.3 Å². The van der Waals surface area contributed by atoms with E-state index in [1.807, 2.05) is 35.2 Å². The van der Waals surface area contributed by atoms with Crippen molar-refractivity contribution in [3.63, 3.8) is 0 Å². The maximum absolute atomic E-state index is 13.2. The van der Waals surface area contributed by atoms with Crippen LogP contribution in [0.1, 0.15) is 32.6 Å². The molecule has 4 fully saturated rings. The molecule has 4 nitrogen and oxygen atoms in total. The quantitative estimate of drug-likeness (QED) is 0.859. The van der Waals surface area contributed by atoms with Crippen LogP contribution in [-0.4, -0.2) is 23.5 Å².